The summed E-state index contributed by atoms with van der Waals surface area (Å²) in [5.74, 6) is -0.657. The van der Waals surface area contributed by atoms with E-state index in [4.69, 9.17) is 9.47 Å². The van der Waals surface area contributed by atoms with Gasteiger partial charge in [0.1, 0.15) is 15.6 Å². The number of hydrogen-bond donors (Lipinski definition) is 1. The topological polar surface area (TPSA) is 89.0 Å². The molecular formula is C16H16N2O5S. The van der Waals surface area contributed by atoms with Crippen molar-refractivity contribution in [3.8, 4) is 16.3 Å². The Bertz CT molecular complexity index is 743. The Hall–Kier alpha value is -2.45. The average Bonchev–Trinajstić information content (AvgIpc) is 3.11. The summed E-state index contributed by atoms with van der Waals surface area (Å²) in [4.78, 5) is 29.9. The summed E-state index contributed by atoms with van der Waals surface area (Å²) in [7, 11) is 1.59. The lowest BCUT2D eigenvalue weighted by molar-refractivity contribution is -0.147. The van der Waals surface area contributed by atoms with E-state index >= 15 is 0 Å². The Morgan fingerprint density at radius 2 is 2.12 bits per heavy atom. The molecule has 1 fully saturated rings. The van der Waals surface area contributed by atoms with Crippen LogP contribution in [0.3, 0.4) is 0 Å². The predicted octanol–water partition coefficient (Wildman–Crippen LogP) is 1.74. The highest BCUT2D eigenvalue weighted by atomic mass is 32.1. The molecule has 1 aromatic carbocycles. The summed E-state index contributed by atoms with van der Waals surface area (Å²) in [6, 6.07) is 6.40. The van der Waals surface area contributed by atoms with Gasteiger partial charge in [-0.2, -0.15) is 0 Å². The van der Waals surface area contributed by atoms with Crippen LogP contribution in [0.1, 0.15) is 9.67 Å². The third kappa shape index (κ3) is 3.24. The zero-order valence-electron chi connectivity index (χ0n) is 13.0. The van der Waals surface area contributed by atoms with Crippen LogP contribution in [0.25, 0.3) is 10.6 Å². The number of carbonyl (C=O) groups is 2. The molecule has 24 heavy (non-hydrogen) atoms. The summed E-state index contributed by atoms with van der Waals surface area (Å²) in [6.07, 6.45) is 1.49. The second-order valence-electron chi connectivity index (χ2n) is 5.19. The van der Waals surface area contributed by atoms with Crippen LogP contribution in [-0.2, 0) is 9.53 Å². The molecule has 1 aliphatic heterocycles. The predicted molar refractivity (Wildman–Crippen MR) is 87.4 cm³/mol. The number of rotatable bonds is 4. The fraction of sp³-hybridized carbons (Fsp3) is 0.312. The number of methoxy groups -OCH3 is 1. The van der Waals surface area contributed by atoms with E-state index in [0.29, 0.717) is 16.5 Å². The first-order valence-corrected chi connectivity index (χ1v) is 8.13. The number of morpholine rings is 1. The molecule has 126 valence electrons. The Morgan fingerprint density at radius 3 is 2.79 bits per heavy atom. The van der Waals surface area contributed by atoms with E-state index in [1.54, 1.807) is 7.11 Å². The van der Waals surface area contributed by atoms with Crippen LogP contribution in [0.5, 0.6) is 5.75 Å². The highest BCUT2D eigenvalue weighted by Gasteiger charge is 2.34. The van der Waals surface area contributed by atoms with Gasteiger partial charge in [0.05, 0.1) is 26.5 Å². The van der Waals surface area contributed by atoms with Gasteiger partial charge >= 0.3 is 5.97 Å². The molecular weight excluding hydrogens is 332 g/mol. The van der Waals surface area contributed by atoms with Crippen LogP contribution in [0.4, 0.5) is 0 Å². The molecule has 0 radical (unpaired) electrons. The van der Waals surface area contributed by atoms with Gasteiger partial charge in [0.25, 0.3) is 5.91 Å². The quantitative estimate of drug-likeness (QED) is 0.905. The fourth-order valence-electron chi connectivity index (χ4n) is 2.43. The van der Waals surface area contributed by atoms with Crippen LogP contribution in [0.2, 0.25) is 0 Å². The largest absolute Gasteiger partial charge is 0.497 e. The second-order valence-corrected chi connectivity index (χ2v) is 6.22. The van der Waals surface area contributed by atoms with Crippen LogP contribution in [0.15, 0.2) is 30.5 Å². The van der Waals surface area contributed by atoms with Crippen molar-refractivity contribution in [1.82, 2.24) is 9.88 Å². The number of hydrogen-bond acceptors (Lipinski definition) is 6. The van der Waals surface area contributed by atoms with E-state index in [-0.39, 0.29) is 19.1 Å². The summed E-state index contributed by atoms with van der Waals surface area (Å²) < 4.78 is 10.3. The molecule has 1 N–H and O–H groups in total. The molecule has 7 nitrogen and oxygen atoms in total. The second kappa shape index (κ2) is 6.98. The Balaban J connectivity index is 1.81. The Kier molecular flexibility index (Phi) is 4.77. The molecule has 0 spiro atoms. The van der Waals surface area contributed by atoms with E-state index in [9.17, 15) is 14.7 Å². The van der Waals surface area contributed by atoms with E-state index in [0.717, 1.165) is 11.3 Å². The van der Waals surface area contributed by atoms with E-state index in [2.05, 4.69) is 4.98 Å². The van der Waals surface area contributed by atoms with Gasteiger partial charge in [-0.25, -0.2) is 9.78 Å². The van der Waals surface area contributed by atoms with Gasteiger partial charge in [-0.05, 0) is 24.3 Å². The number of amides is 1. The maximum atomic E-state index is 12.6. The third-order valence-electron chi connectivity index (χ3n) is 3.73. The summed E-state index contributed by atoms with van der Waals surface area (Å²) >= 11 is 1.24. The SMILES string of the molecule is COc1ccc(-c2ncc(C(=O)N3CCOCC3C(=O)O)s2)cc1. The van der Waals surface area contributed by atoms with Crippen molar-refractivity contribution >= 4 is 23.2 Å². The zero-order valence-corrected chi connectivity index (χ0v) is 13.8. The molecule has 1 unspecified atom stereocenters. The van der Waals surface area contributed by atoms with Gasteiger partial charge in [0.2, 0.25) is 0 Å². The lowest BCUT2D eigenvalue weighted by Crippen LogP contribution is -2.52. The van der Waals surface area contributed by atoms with Crippen molar-refractivity contribution in [2.45, 2.75) is 6.04 Å². The minimum absolute atomic E-state index is 0.00517. The van der Waals surface area contributed by atoms with Crippen LogP contribution >= 0.6 is 11.3 Å². The van der Waals surface area contributed by atoms with Crippen LogP contribution < -0.4 is 4.74 Å². The van der Waals surface area contributed by atoms with Gasteiger partial charge in [-0.15, -0.1) is 11.3 Å². The minimum atomic E-state index is -1.07. The normalized spacial score (nSPS) is 17.5. The lowest BCUT2D eigenvalue weighted by Gasteiger charge is -2.32. The molecule has 3 rings (SSSR count). The van der Waals surface area contributed by atoms with Crippen LogP contribution in [-0.4, -0.2) is 59.8 Å². The molecule has 1 atom stereocenters. The number of carboxylic acids is 1. The number of ether oxygens (including phenoxy) is 2. The molecule has 0 aliphatic carbocycles. The zero-order chi connectivity index (χ0) is 17.1. The van der Waals surface area contributed by atoms with Crippen molar-refractivity contribution < 1.29 is 24.2 Å². The van der Waals surface area contributed by atoms with Crippen molar-refractivity contribution in [1.29, 1.82) is 0 Å². The number of nitrogens with zero attached hydrogens (tertiary/aromatic N) is 2. The van der Waals surface area contributed by atoms with Gasteiger partial charge in [0.15, 0.2) is 6.04 Å². The summed E-state index contributed by atoms with van der Waals surface area (Å²) in [6.45, 7) is 0.594. The number of carboxylic acid groups (broad SMARTS) is 1. The molecule has 1 aromatic heterocycles. The Labute approximate surface area is 142 Å². The highest BCUT2D eigenvalue weighted by molar-refractivity contribution is 7.16. The first-order valence-electron chi connectivity index (χ1n) is 7.32. The first kappa shape index (κ1) is 16.4. The van der Waals surface area contributed by atoms with Gasteiger partial charge in [-0.1, -0.05) is 0 Å². The van der Waals surface area contributed by atoms with Gasteiger partial charge < -0.3 is 19.5 Å². The number of carbonyl (C=O) groups excluding carboxylic acids is 1. The first-order chi connectivity index (χ1) is 11.6. The monoisotopic (exact) mass is 348 g/mol. The lowest BCUT2D eigenvalue weighted by atomic mass is 10.2. The fourth-order valence-corrected chi connectivity index (χ4v) is 3.31. The highest BCUT2D eigenvalue weighted by Crippen LogP contribution is 2.28. The number of thiazole rings is 1. The number of aromatic nitrogens is 1. The van der Waals surface area contributed by atoms with Gasteiger partial charge in [0, 0.05) is 12.1 Å². The molecule has 1 aliphatic rings. The number of aliphatic carboxylic acids is 1. The Morgan fingerprint density at radius 1 is 1.38 bits per heavy atom. The van der Waals surface area contributed by atoms with Gasteiger partial charge in [-0.3, -0.25) is 4.79 Å². The maximum Gasteiger partial charge on any atom is 0.328 e. The molecule has 8 heteroatoms. The molecule has 0 bridgehead atoms. The van der Waals surface area contributed by atoms with Crippen molar-refractivity contribution in [2.75, 3.05) is 26.9 Å². The van der Waals surface area contributed by atoms with E-state index in [1.165, 1.54) is 22.4 Å². The van der Waals surface area contributed by atoms with Crippen LogP contribution in [0, 0.1) is 0 Å². The van der Waals surface area contributed by atoms with Crippen molar-refractivity contribution in [3.63, 3.8) is 0 Å². The minimum Gasteiger partial charge on any atom is -0.497 e. The van der Waals surface area contributed by atoms with Crippen molar-refractivity contribution in [3.05, 3.63) is 35.3 Å². The molecule has 2 aromatic rings. The molecule has 1 amide bonds. The standard InChI is InChI=1S/C16H16N2O5S/c1-22-11-4-2-10(3-5-11)14-17-8-13(24-14)15(19)18-6-7-23-9-12(18)16(20)21/h2-5,8,12H,6-7,9H2,1H3,(H,20,21). The maximum absolute atomic E-state index is 12.6. The smallest absolute Gasteiger partial charge is 0.328 e. The molecule has 0 saturated carbocycles. The van der Waals surface area contributed by atoms with E-state index in [1.807, 2.05) is 24.3 Å². The van der Waals surface area contributed by atoms with Crippen molar-refractivity contribution in [2.24, 2.45) is 0 Å². The molecule has 1 saturated heterocycles. The number of benzene rings is 1. The average molecular weight is 348 g/mol. The molecule has 2 heterocycles. The van der Waals surface area contributed by atoms with E-state index < -0.39 is 12.0 Å². The summed E-state index contributed by atoms with van der Waals surface area (Å²) in [5.41, 5.74) is 0.872. The third-order valence-corrected chi connectivity index (χ3v) is 4.76. The summed E-state index contributed by atoms with van der Waals surface area (Å²) in [5, 5.41) is 9.93.